The predicted molar refractivity (Wildman–Crippen MR) is 108 cm³/mol. The van der Waals surface area contributed by atoms with Gasteiger partial charge in [-0.3, -0.25) is 4.79 Å². The second-order valence-corrected chi connectivity index (χ2v) is 7.20. The summed E-state index contributed by atoms with van der Waals surface area (Å²) in [5.41, 5.74) is 1.64. The molecule has 1 fully saturated rings. The van der Waals surface area contributed by atoms with E-state index in [9.17, 15) is 9.59 Å². The highest BCUT2D eigenvalue weighted by Gasteiger charge is 2.42. The zero-order valence-electron chi connectivity index (χ0n) is 14.9. The van der Waals surface area contributed by atoms with Crippen LogP contribution in [-0.2, 0) is 16.8 Å². The maximum atomic E-state index is 13.0. The average molecular weight is 382 g/mol. The molecule has 3 N–H and O–H groups in total. The van der Waals surface area contributed by atoms with E-state index in [1.54, 1.807) is 24.3 Å². The zero-order valence-corrected chi connectivity index (χ0v) is 15.7. The van der Waals surface area contributed by atoms with Crippen molar-refractivity contribution in [3.63, 3.8) is 0 Å². The first-order valence-corrected chi connectivity index (χ1v) is 9.39. The van der Waals surface area contributed by atoms with Crippen molar-refractivity contribution in [3.05, 3.63) is 71.3 Å². The molecule has 0 bridgehead atoms. The standard InChI is InChI=1S/C21H22N2O3S/c24-18(25)16-10-8-15(9-11-16)14-22-20(27)23-19(26)21(12-4-5-13-21)17-6-2-1-3-7-17/h1-3,6-11H,4-5,12-14H2,(H,24,25)(H2,22,23,26,27). The Hall–Kier alpha value is -2.73. The van der Waals surface area contributed by atoms with Crippen LogP contribution in [0.5, 0.6) is 0 Å². The SMILES string of the molecule is O=C(O)c1ccc(CNC(=S)NC(=O)C2(c3ccccc3)CCCC2)cc1. The minimum atomic E-state index is -0.958. The fourth-order valence-electron chi connectivity index (χ4n) is 3.60. The van der Waals surface area contributed by atoms with Crippen molar-refractivity contribution in [2.45, 2.75) is 37.6 Å². The molecule has 5 nitrogen and oxygen atoms in total. The highest BCUT2D eigenvalue weighted by molar-refractivity contribution is 7.80. The second-order valence-electron chi connectivity index (χ2n) is 6.79. The Morgan fingerprint density at radius 2 is 1.63 bits per heavy atom. The Bertz CT molecular complexity index is 828. The van der Waals surface area contributed by atoms with Crippen LogP contribution in [-0.4, -0.2) is 22.1 Å². The van der Waals surface area contributed by atoms with Gasteiger partial charge in [0.05, 0.1) is 11.0 Å². The lowest BCUT2D eigenvalue weighted by Crippen LogP contribution is -2.48. The first-order valence-electron chi connectivity index (χ1n) is 8.98. The maximum Gasteiger partial charge on any atom is 0.335 e. The van der Waals surface area contributed by atoms with Gasteiger partial charge in [-0.05, 0) is 48.3 Å². The monoisotopic (exact) mass is 382 g/mol. The summed E-state index contributed by atoms with van der Waals surface area (Å²) in [5.74, 6) is -1.02. The topological polar surface area (TPSA) is 78.4 Å². The maximum absolute atomic E-state index is 13.0. The number of carboxylic acid groups (broad SMARTS) is 1. The lowest BCUT2D eigenvalue weighted by molar-refractivity contribution is -0.125. The second kappa shape index (κ2) is 8.31. The minimum Gasteiger partial charge on any atom is -0.478 e. The van der Waals surface area contributed by atoms with Crippen molar-refractivity contribution in [3.8, 4) is 0 Å². The molecule has 0 radical (unpaired) electrons. The van der Waals surface area contributed by atoms with Crippen molar-refractivity contribution in [2.75, 3.05) is 0 Å². The molecule has 0 aromatic heterocycles. The van der Waals surface area contributed by atoms with E-state index >= 15 is 0 Å². The number of rotatable bonds is 5. The van der Waals surface area contributed by atoms with Gasteiger partial charge in [-0.2, -0.15) is 0 Å². The highest BCUT2D eigenvalue weighted by atomic mass is 32.1. The zero-order chi connectivity index (χ0) is 19.3. The Morgan fingerprint density at radius 3 is 2.22 bits per heavy atom. The van der Waals surface area contributed by atoms with E-state index < -0.39 is 11.4 Å². The summed E-state index contributed by atoms with van der Waals surface area (Å²) in [7, 11) is 0. The third-order valence-corrected chi connectivity index (χ3v) is 5.35. The smallest absolute Gasteiger partial charge is 0.335 e. The number of benzene rings is 2. The molecule has 0 spiro atoms. The van der Waals surface area contributed by atoms with Crippen LogP contribution < -0.4 is 10.6 Å². The van der Waals surface area contributed by atoms with Crippen molar-refractivity contribution in [2.24, 2.45) is 0 Å². The summed E-state index contributed by atoms with van der Waals surface area (Å²) in [6.07, 6.45) is 3.70. The number of amides is 1. The van der Waals surface area contributed by atoms with E-state index in [1.165, 1.54) is 0 Å². The van der Waals surface area contributed by atoms with Crippen LogP contribution in [0.4, 0.5) is 0 Å². The molecule has 1 aliphatic carbocycles. The van der Waals surface area contributed by atoms with Gasteiger partial charge in [-0.1, -0.05) is 55.3 Å². The largest absolute Gasteiger partial charge is 0.478 e. The number of hydrogen-bond acceptors (Lipinski definition) is 3. The highest BCUT2D eigenvalue weighted by Crippen LogP contribution is 2.41. The first-order chi connectivity index (χ1) is 13.0. The third kappa shape index (κ3) is 4.34. The van der Waals surface area contributed by atoms with Crippen LogP contribution in [0.15, 0.2) is 54.6 Å². The van der Waals surface area contributed by atoms with Gasteiger partial charge in [0.15, 0.2) is 5.11 Å². The summed E-state index contributed by atoms with van der Waals surface area (Å²) in [4.78, 5) is 23.9. The average Bonchev–Trinajstić information content (AvgIpc) is 3.18. The molecule has 2 aromatic carbocycles. The van der Waals surface area contributed by atoms with Crippen molar-refractivity contribution < 1.29 is 14.7 Å². The number of hydrogen-bond donors (Lipinski definition) is 3. The molecule has 1 saturated carbocycles. The molecule has 27 heavy (non-hydrogen) atoms. The molecule has 0 aliphatic heterocycles. The molecule has 2 aromatic rings. The van der Waals surface area contributed by atoms with Crippen LogP contribution in [0.3, 0.4) is 0 Å². The summed E-state index contributed by atoms with van der Waals surface area (Å²) < 4.78 is 0. The van der Waals surface area contributed by atoms with Gasteiger partial charge in [0.1, 0.15) is 0 Å². The van der Waals surface area contributed by atoms with E-state index in [2.05, 4.69) is 10.6 Å². The molecular weight excluding hydrogens is 360 g/mol. The molecule has 0 saturated heterocycles. The van der Waals surface area contributed by atoms with E-state index in [0.29, 0.717) is 6.54 Å². The van der Waals surface area contributed by atoms with Crippen molar-refractivity contribution in [1.29, 1.82) is 0 Å². The van der Waals surface area contributed by atoms with Crippen LogP contribution in [0.1, 0.15) is 47.2 Å². The molecule has 0 atom stereocenters. The summed E-state index contributed by atoms with van der Waals surface area (Å²) in [5, 5.41) is 15.1. The number of carboxylic acids is 1. The van der Waals surface area contributed by atoms with Gasteiger partial charge < -0.3 is 15.7 Å². The molecule has 6 heteroatoms. The quantitative estimate of drug-likeness (QED) is 0.691. The molecular formula is C21H22N2O3S. The molecule has 1 aliphatic rings. The fourth-order valence-corrected chi connectivity index (χ4v) is 3.76. The predicted octanol–water partition coefficient (Wildman–Crippen LogP) is 3.39. The van der Waals surface area contributed by atoms with Crippen LogP contribution in [0.2, 0.25) is 0 Å². The fraction of sp³-hybridized carbons (Fsp3) is 0.286. The summed E-state index contributed by atoms with van der Waals surface area (Å²) in [6, 6.07) is 16.4. The minimum absolute atomic E-state index is 0.0649. The van der Waals surface area contributed by atoms with Crippen molar-refractivity contribution >= 4 is 29.2 Å². The van der Waals surface area contributed by atoms with E-state index in [-0.39, 0.29) is 16.6 Å². The Labute approximate surface area is 163 Å². The Balaban J connectivity index is 1.61. The van der Waals surface area contributed by atoms with Gasteiger partial charge in [-0.15, -0.1) is 0 Å². The van der Waals surface area contributed by atoms with Gasteiger partial charge in [-0.25, -0.2) is 4.79 Å². The van der Waals surface area contributed by atoms with E-state index in [4.69, 9.17) is 17.3 Å². The van der Waals surface area contributed by atoms with E-state index in [0.717, 1.165) is 36.8 Å². The Morgan fingerprint density at radius 1 is 1.00 bits per heavy atom. The summed E-state index contributed by atoms with van der Waals surface area (Å²) >= 11 is 5.29. The van der Waals surface area contributed by atoms with Gasteiger partial charge in [0.25, 0.3) is 0 Å². The van der Waals surface area contributed by atoms with Crippen LogP contribution >= 0.6 is 12.2 Å². The summed E-state index contributed by atoms with van der Waals surface area (Å²) in [6.45, 7) is 0.414. The van der Waals surface area contributed by atoms with Gasteiger partial charge in [0.2, 0.25) is 5.91 Å². The molecule has 1 amide bonds. The van der Waals surface area contributed by atoms with Crippen LogP contribution in [0, 0.1) is 0 Å². The third-order valence-electron chi connectivity index (χ3n) is 5.10. The van der Waals surface area contributed by atoms with E-state index in [1.807, 2.05) is 30.3 Å². The van der Waals surface area contributed by atoms with Gasteiger partial charge in [0, 0.05) is 6.54 Å². The lowest BCUT2D eigenvalue weighted by atomic mass is 9.78. The number of nitrogens with one attached hydrogen (secondary N) is 2. The molecule has 0 heterocycles. The number of carbonyl (C=O) groups is 2. The van der Waals surface area contributed by atoms with Crippen LogP contribution in [0.25, 0.3) is 0 Å². The normalized spacial score (nSPS) is 15.1. The van der Waals surface area contributed by atoms with Gasteiger partial charge >= 0.3 is 5.97 Å². The lowest BCUT2D eigenvalue weighted by Gasteiger charge is -2.28. The van der Waals surface area contributed by atoms with Crippen molar-refractivity contribution in [1.82, 2.24) is 10.6 Å². The first kappa shape index (κ1) is 19.0. The molecule has 140 valence electrons. The Kier molecular flexibility index (Phi) is 5.86. The molecule has 3 rings (SSSR count). The number of thiocarbonyl (C=S) groups is 1. The number of aromatic carboxylic acids is 1. The molecule has 0 unspecified atom stereocenters. The number of carbonyl (C=O) groups excluding carboxylic acids is 1.